The molecule has 0 bridgehead atoms. The fraction of sp³-hybridized carbons (Fsp3) is 0.207. The molecule has 1 aliphatic carbocycles. The van der Waals surface area contributed by atoms with Gasteiger partial charge in [0.15, 0.2) is 17.0 Å². The minimum absolute atomic E-state index is 0.0101. The van der Waals surface area contributed by atoms with E-state index in [-0.39, 0.29) is 18.8 Å². The molecule has 1 spiro atoms. The number of benzene rings is 2. The smallest absolute Gasteiger partial charge is 0.354 e. The maximum absolute atomic E-state index is 14.5. The Bertz CT molecular complexity index is 1650. The summed E-state index contributed by atoms with van der Waals surface area (Å²) in [6.07, 6.45) is 13.0. The predicted molar refractivity (Wildman–Crippen MR) is 138 cm³/mol. The molecule has 0 fully saturated rings. The van der Waals surface area contributed by atoms with Crippen LogP contribution in [0, 0.1) is 5.92 Å². The molecule has 1 aromatic heterocycles. The number of para-hydroxylation sites is 2. The summed E-state index contributed by atoms with van der Waals surface area (Å²) in [6, 6.07) is 15.4. The number of Topliss-reactive ketones (excluding diaryl/α,β-unsaturated/α-hetero) is 1. The maximum Gasteiger partial charge on any atom is 0.354 e. The molecule has 3 aliphatic rings. The predicted octanol–water partition coefficient (Wildman–Crippen LogP) is 3.06. The lowest BCUT2D eigenvalue weighted by Gasteiger charge is -2.50. The lowest BCUT2D eigenvalue weighted by Crippen LogP contribution is -2.66. The largest absolute Gasteiger partial charge is 0.490 e. The van der Waals surface area contributed by atoms with Crippen molar-refractivity contribution in [2.24, 2.45) is 5.92 Å². The number of hydrogen-bond acceptors (Lipinski definition) is 5. The Morgan fingerprint density at radius 3 is 2.35 bits per heavy atom. The summed E-state index contributed by atoms with van der Waals surface area (Å²) in [5.74, 6) is -0.602. The van der Waals surface area contributed by atoms with Crippen molar-refractivity contribution in [3.8, 4) is 11.4 Å². The number of aromatic nitrogens is 3. The second-order valence-electron chi connectivity index (χ2n) is 9.67. The van der Waals surface area contributed by atoms with Gasteiger partial charge in [-0.05, 0) is 36.8 Å². The van der Waals surface area contributed by atoms with Gasteiger partial charge in [-0.25, -0.2) is 18.8 Å². The molecule has 8 heteroatoms. The van der Waals surface area contributed by atoms with Crippen molar-refractivity contribution in [2.75, 3.05) is 6.61 Å². The number of carbonyl (C=O) groups is 1. The lowest BCUT2D eigenvalue weighted by molar-refractivity contribution is -0.118. The molecule has 1 N–H and O–H groups in total. The Morgan fingerprint density at radius 2 is 1.54 bits per heavy atom. The normalized spacial score (nSPS) is 30.2. The van der Waals surface area contributed by atoms with E-state index in [4.69, 9.17) is 4.74 Å². The second kappa shape index (κ2) is 8.31. The zero-order chi connectivity index (χ0) is 25.8. The number of nitrogens with zero attached hydrogens (tertiary/aromatic N) is 3. The van der Waals surface area contributed by atoms with E-state index >= 15 is 0 Å². The van der Waals surface area contributed by atoms with Gasteiger partial charge in [-0.3, -0.25) is 4.79 Å². The highest BCUT2D eigenvalue weighted by atomic mass is 16.5. The Labute approximate surface area is 212 Å². The summed E-state index contributed by atoms with van der Waals surface area (Å²) >= 11 is 0. The fourth-order valence-electron chi connectivity index (χ4n) is 5.69. The molecular weight excluding hydrogens is 470 g/mol. The molecule has 0 radical (unpaired) electrons. The number of aliphatic hydroxyl groups is 1. The first-order chi connectivity index (χ1) is 17.9. The van der Waals surface area contributed by atoms with E-state index < -0.39 is 28.6 Å². The Kier molecular flexibility index (Phi) is 5.17. The van der Waals surface area contributed by atoms with E-state index in [1.54, 1.807) is 54.6 Å². The monoisotopic (exact) mass is 495 g/mol. The third-order valence-electron chi connectivity index (χ3n) is 7.36. The van der Waals surface area contributed by atoms with Gasteiger partial charge in [0.05, 0.1) is 11.3 Å². The quantitative estimate of drug-likeness (QED) is 0.590. The first kappa shape index (κ1) is 23.0. The summed E-state index contributed by atoms with van der Waals surface area (Å²) in [4.78, 5) is 42.3. The first-order valence-electron chi connectivity index (χ1n) is 12.1. The van der Waals surface area contributed by atoms with Crippen LogP contribution in [0.4, 0.5) is 0 Å². The summed E-state index contributed by atoms with van der Waals surface area (Å²) in [6.45, 7) is 1.32. The number of rotatable bonds is 2. The average Bonchev–Trinajstić information content (AvgIpc) is 3.15. The topological polar surface area (TPSA) is 95.5 Å². The van der Waals surface area contributed by atoms with Crippen LogP contribution in [0.15, 0.2) is 112 Å². The molecule has 2 aromatic carbocycles. The van der Waals surface area contributed by atoms with E-state index in [1.165, 1.54) is 6.92 Å². The van der Waals surface area contributed by atoms with Gasteiger partial charge in [-0.15, -0.1) is 0 Å². The van der Waals surface area contributed by atoms with Crippen LogP contribution in [0.3, 0.4) is 0 Å². The molecule has 0 saturated carbocycles. The van der Waals surface area contributed by atoms with Crippen LogP contribution >= 0.6 is 0 Å². The number of hydrogen-bond donors (Lipinski definition) is 1. The summed E-state index contributed by atoms with van der Waals surface area (Å²) in [5, 5.41) is 11.7. The highest BCUT2D eigenvalue weighted by Crippen LogP contribution is 2.48. The fourth-order valence-corrected chi connectivity index (χ4v) is 5.69. The minimum Gasteiger partial charge on any atom is -0.490 e. The molecule has 186 valence electrons. The molecule has 2 aliphatic heterocycles. The van der Waals surface area contributed by atoms with Crippen LogP contribution in [0.5, 0.6) is 5.75 Å². The third-order valence-corrected chi connectivity index (χ3v) is 7.36. The second-order valence-corrected chi connectivity index (χ2v) is 9.67. The van der Waals surface area contributed by atoms with Gasteiger partial charge in [0, 0.05) is 12.3 Å². The Morgan fingerprint density at radius 1 is 0.865 bits per heavy atom. The van der Waals surface area contributed by atoms with Gasteiger partial charge in [-0.2, -0.15) is 4.68 Å². The summed E-state index contributed by atoms with van der Waals surface area (Å²) in [5.41, 5.74) is -3.42. The summed E-state index contributed by atoms with van der Waals surface area (Å²) in [7, 11) is 0. The molecule has 6 rings (SSSR count). The van der Waals surface area contributed by atoms with Crippen LogP contribution in [-0.2, 0) is 11.3 Å². The van der Waals surface area contributed by atoms with Crippen LogP contribution in [0.25, 0.3) is 5.69 Å². The molecular formula is C29H25N3O5. The SMILES string of the molecule is C[C@]1(O)C[C@H](C2=C/C=C/C=C\C=C\2)[C@]2(COc3ccccc3C2=O)n2c(=O)n(-c3ccccc3)c(=O)n21. The standard InChI is InChI=1S/C29H25N3O5/c1-28(36)18-23(20-12-6-3-2-4-7-13-20)29(19-37-24-17-11-10-16-22(24)25(29)33)32-27(35)30(26(34)31(28)32)21-14-8-5-9-15-21/h2-17,23,36H,18-19H2,1H3/b3-2-,4-2?,6-3?,7-4+,12-6+,13-7?,20-12?,20-13+/t23-,28+,29+/m1/s1. The van der Waals surface area contributed by atoms with E-state index in [0.717, 1.165) is 19.5 Å². The van der Waals surface area contributed by atoms with Crippen molar-refractivity contribution in [3.05, 3.63) is 129 Å². The van der Waals surface area contributed by atoms with Gasteiger partial charge in [0.1, 0.15) is 12.4 Å². The average molecular weight is 496 g/mol. The summed E-state index contributed by atoms with van der Waals surface area (Å²) < 4.78 is 9.29. The molecule has 0 unspecified atom stereocenters. The van der Waals surface area contributed by atoms with Gasteiger partial charge in [-0.1, -0.05) is 72.9 Å². The number of carbonyl (C=O) groups excluding carboxylic acids is 1. The number of allylic oxidation sites excluding steroid dienone is 8. The van der Waals surface area contributed by atoms with E-state index in [2.05, 4.69) is 0 Å². The molecule has 37 heavy (non-hydrogen) atoms. The number of ether oxygens (including phenoxy) is 1. The van der Waals surface area contributed by atoms with Crippen molar-refractivity contribution in [3.63, 3.8) is 0 Å². The van der Waals surface area contributed by atoms with Crippen molar-refractivity contribution >= 4 is 5.78 Å². The highest BCUT2D eigenvalue weighted by Gasteiger charge is 2.60. The van der Waals surface area contributed by atoms with Crippen LogP contribution in [0.2, 0.25) is 0 Å². The molecule has 8 nitrogen and oxygen atoms in total. The number of ketones is 1. The molecule has 0 amide bonds. The minimum atomic E-state index is -1.76. The zero-order valence-corrected chi connectivity index (χ0v) is 20.2. The molecule has 3 aromatic rings. The first-order valence-corrected chi connectivity index (χ1v) is 12.1. The molecule has 3 atom stereocenters. The zero-order valence-electron chi connectivity index (χ0n) is 20.2. The maximum atomic E-state index is 14.5. The van der Waals surface area contributed by atoms with Gasteiger partial charge >= 0.3 is 11.4 Å². The number of fused-ring (bicyclic) bond motifs is 3. The van der Waals surface area contributed by atoms with E-state index in [0.29, 0.717) is 17.0 Å². The van der Waals surface area contributed by atoms with Crippen molar-refractivity contribution < 1.29 is 14.6 Å². The van der Waals surface area contributed by atoms with Crippen molar-refractivity contribution in [1.82, 2.24) is 13.9 Å². The Hall–Kier alpha value is -4.43. The van der Waals surface area contributed by atoms with E-state index in [9.17, 15) is 19.5 Å². The Balaban J connectivity index is 1.70. The van der Waals surface area contributed by atoms with Crippen LogP contribution in [0.1, 0.15) is 23.7 Å². The molecule has 0 saturated heterocycles. The third kappa shape index (κ3) is 3.29. The molecule has 3 heterocycles. The highest BCUT2D eigenvalue weighted by molar-refractivity contribution is 6.05. The van der Waals surface area contributed by atoms with Gasteiger partial charge in [0.25, 0.3) is 0 Å². The van der Waals surface area contributed by atoms with Crippen LogP contribution in [-0.4, -0.2) is 31.4 Å². The van der Waals surface area contributed by atoms with E-state index in [1.807, 2.05) is 42.5 Å². The van der Waals surface area contributed by atoms with Gasteiger partial charge < -0.3 is 9.84 Å². The van der Waals surface area contributed by atoms with Crippen LogP contribution < -0.4 is 16.1 Å². The van der Waals surface area contributed by atoms with Gasteiger partial charge in [0.2, 0.25) is 0 Å². The van der Waals surface area contributed by atoms with Crippen molar-refractivity contribution in [1.29, 1.82) is 0 Å². The van der Waals surface area contributed by atoms with Crippen molar-refractivity contribution in [2.45, 2.75) is 24.6 Å². The lowest BCUT2D eigenvalue weighted by atomic mass is 9.68.